The minimum absolute atomic E-state index is 0.0282. The summed E-state index contributed by atoms with van der Waals surface area (Å²) in [7, 11) is 2.09. The van der Waals surface area contributed by atoms with E-state index in [2.05, 4.69) is 38.9 Å². The standard InChI is InChI=1S/C14H16N4O/c1-17-6-7-18(13-5-3-2-4-12(13)17)14-15-8-11(10-19)9-16-14/h2-5,8-9,19H,6-7,10H2,1H3. The quantitative estimate of drug-likeness (QED) is 0.883. The predicted molar refractivity (Wildman–Crippen MR) is 74.7 cm³/mol. The largest absolute Gasteiger partial charge is 0.392 e. The molecule has 5 heteroatoms. The number of benzene rings is 1. The van der Waals surface area contributed by atoms with Crippen molar-refractivity contribution in [2.45, 2.75) is 6.61 Å². The molecule has 0 fully saturated rings. The van der Waals surface area contributed by atoms with Gasteiger partial charge in [-0.2, -0.15) is 0 Å². The molecule has 0 unspecified atom stereocenters. The van der Waals surface area contributed by atoms with E-state index in [1.807, 2.05) is 12.1 Å². The molecular formula is C14H16N4O. The molecule has 3 rings (SSSR count). The second-order valence-electron chi connectivity index (χ2n) is 4.61. The van der Waals surface area contributed by atoms with Gasteiger partial charge in [0, 0.05) is 38.1 Å². The Hall–Kier alpha value is -2.14. The lowest BCUT2D eigenvalue weighted by Crippen LogP contribution is -2.37. The Morgan fingerprint density at radius 1 is 1.11 bits per heavy atom. The topological polar surface area (TPSA) is 52.5 Å². The maximum absolute atomic E-state index is 9.03. The zero-order valence-electron chi connectivity index (χ0n) is 10.8. The van der Waals surface area contributed by atoms with Crippen LogP contribution in [0.3, 0.4) is 0 Å². The Kier molecular flexibility index (Phi) is 3.05. The van der Waals surface area contributed by atoms with Crippen molar-refractivity contribution in [3.63, 3.8) is 0 Å². The second-order valence-corrected chi connectivity index (χ2v) is 4.61. The van der Waals surface area contributed by atoms with Gasteiger partial charge in [0.1, 0.15) is 0 Å². The van der Waals surface area contributed by atoms with Gasteiger partial charge < -0.3 is 14.9 Å². The van der Waals surface area contributed by atoms with Crippen LogP contribution in [0.25, 0.3) is 0 Å². The molecule has 0 amide bonds. The van der Waals surface area contributed by atoms with Gasteiger partial charge in [-0.25, -0.2) is 9.97 Å². The van der Waals surface area contributed by atoms with E-state index < -0.39 is 0 Å². The van der Waals surface area contributed by atoms with Crippen molar-refractivity contribution in [1.82, 2.24) is 9.97 Å². The number of nitrogens with zero attached hydrogens (tertiary/aromatic N) is 4. The van der Waals surface area contributed by atoms with Crippen molar-refractivity contribution in [2.24, 2.45) is 0 Å². The van der Waals surface area contributed by atoms with Crippen molar-refractivity contribution >= 4 is 17.3 Å². The minimum atomic E-state index is -0.0282. The van der Waals surface area contributed by atoms with Crippen LogP contribution in [0, 0.1) is 0 Å². The highest BCUT2D eigenvalue weighted by Crippen LogP contribution is 2.34. The van der Waals surface area contributed by atoms with Gasteiger partial charge in [-0.05, 0) is 12.1 Å². The third-order valence-corrected chi connectivity index (χ3v) is 3.36. The summed E-state index contributed by atoms with van der Waals surface area (Å²) in [5.74, 6) is 0.678. The normalized spacial score (nSPS) is 14.4. The molecule has 2 heterocycles. The fraction of sp³-hybridized carbons (Fsp3) is 0.286. The predicted octanol–water partition coefficient (Wildman–Crippen LogP) is 1.56. The smallest absolute Gasteiger partial charge is 0.229 e. The van der Waals surface area contributed by atoms with E-state index in [0.29, 0.717) is 5.95 Å². The third-order valence-electron chi connectivity index (χ3n) is 3.36. The van der Waals surface area contributed by atoms with Gasteiger partial charge in [-0.15, -0.1) is 0 Å². The molecule has 2 aromatic rings. The SMILES string of the molecule is CN1CCN(c2ncc(CO)cn2)c2ccccc21. The van der Waals surface area contributed by atoms with Crippen molar-refractivity contribution in [3.8, 4) is 0 Å². The van der Waals surface area contributed by atoms with Gasteiger partial charge in [-0.3, -0.25) is 0 Å². The summed E-state index contributed by atoms with van der Waals surface area (Å²) >= 11 is 0. The van der Waals surface area contributed by atoms with Crippen LogP contribution in [0.1, 0.15) is 5.56 Å². The van der Waals surface area contributed by atoms with Crippen LogP contribution < -0.4 is 9.80 Å². The highest BCUT2D eigenvalue weighted by Gasteiger charge is 2.22. The minimum Gasteiger partial charge on any atom is -0.392 e. The number of aromatic nitrogens is 2. The molecule has 1 aromatic carbocycles. The van der Waals surface area contributed by atoms with E-state index >= 15 is 0 Å². The van der Waals surface area contributed by atoms with Crippen LogP contribution in [-0.4, -0.2) is 35.2 Å². The molecule has 0 aliphatic carbocycles. The van der Waals surface area contributed by atoms with E-state index in [0.717, 1.165) is 24.3 Å². The lowest BCUT2D eigenvalue weighted by atomic mass is 10.2. The molecule has 0 atom stereocenters. The number of aliphatic hydroxyl groups excluding tert-OH is 1. The summed E-state index contributed by atoms with van der Waals surface area (Å²) in [6, 6.07) is 8.24. The molecule has 98 valence electrons. The first-order valence-electron chi connectivity index (χ1n) is 6.29. The molecule has 0 saturated carbocycles. The van der Waals surface area contributed by atoms with Crippen molar-refractivity contribution < 1.29 is 5.11 Å². The van der Waals surface area contributed by atoms with Crippen LogP contribution in [0.5, 0.6) is 0 Å². The first-order chi connectivity index (χ1) is 9.29. The Morgan fingerprint density at radius 2 is 1.79 bits per heavy atom. The first-order valence-corrected chi connectivity index (χ1v) is 6.29. The average Bonchev–Trinajstić information content (AvgIpc) is 2.48. The Balaban J connectivity index is 1.99. The number of fused-ring (bicyclic) bond motifs is 1. The number of anilines is 3. The number of likely N-dealkylation sites (N-methyl/N-ethyl adjacent to an activating group) is 1. The molecule has 0 bridgehead atoms. The highest BCUT2D eigenvalue weighted by atomic mass is 16.3. The number of hydrogen-bond donors (Lipinski definition) is 1. The summed E-state index contributed by atoms with van der Waals surface area (Å²) < 4.78 is 0. The zero-order valence-corrected chi connectivity index (χ0v) is 10.8. The van der Waals surface area contributed by atoms with Crippen LogP contribution in [0.4, 0.5) is 17.3 Å². The van der Waals surface area contributed by atoms with Gasteiger partial charge in [0.2, 0.25) is 5.95 Å². The molecule has 0 spiro atoms. The molecule has 5 nitrogen and oxygen atoms in total. The van der Waals surface area contributed by atoms with Gasteiger partial charge in [0.15, 0.2) is 0 Å². The van der Waals surface area contributed by atoms with Gasteiger partial charge in [0.05, 0.1) is 18.0 Å². The summed E-state index contributed by atoms with van der Waals surface area (Å²) in [6.07, 6.45) is 3.34. The summed E-state index contributed by atoms with van der Waals surface area (Å²) in [5.41, 5.74) is 3.03. The average molecular weight is 256 g/mol. The van der Waals surface area contributed by atoms with Crippen LogP contribution in [0.2, 0.25) is 0 Å². The molecule has 1 aliphatic rings. The number of para-hydroxylation sites is 2. The first kappa shape index (κ1) is 11.9. The Morgan fingerprint density at radius 3 is 2.47 bits per heavy atom. The number of rotatable bonds is 2. The molecule has 0 saturated heterocycles. The van der Waals surface area contributed by atoms with Gasteiger partial charge >= 0.3 is 0 Å². The maximum atomic E-state index is 9.03. The Labute approximate surface area is 112 Å². The lowest BCUT2D eigenvalue weighted by molar-refractivity contribution is 0.281. The van der Waals surface area contributed by atoms with Crippen molar-refractivity contribution in [2.75, 3.05) is 29.9 Å². The molecule has 1 aromatic heterocycles. The van der Waals surface area contributed by atoms with E-state index in [4.69, 9.17) is 5.11 Å². The van der Waals surface area contributed by atoms with Crippen molar-refractivity contribution in [1.29, 1.82) is 0 Å². The highest BCUT2D eigenvalue weighted by molar-refractivity contribution is 5.77. The number of aliphatic hydroxyl groups is 1. The van der Waals surface area contributed by atoms with E-state index in [1.54, 1.807) is 12.4 Å². The molecule has 1 N–H and O–H groups in total. The monoisotopic (exact) mass is 256 g/mol. The molecule has 1 aliphatic heterocycles. The zero-order chi connectivity index (χ0) is 13.2. The van der Waals surface area contributed by atoms with Crippen molar-refractivity contribution in [3.05, 3.63) is 42.2 Å². The van der Waals surface area contributed by atoms with Crippen LogP contribution in [-0.2, 0) is 6.61 Å². The second kappa shape index (κ2) is 4.85. The summed E-state index contributed by atoms with van der Waals surface area (Å²) in [6.45, 7) is 1.76. The third kappa shape index (κ3) is 2.13. The fourth-order valence-corrected chi connectivity index (χ4v) is 2.28. The molecule has 0 radical (unpaired) electrons. The fourth-order valence-electron chi connectivity index (χ4n) is 2.28. The summed E-state index contributed by atoms with van der Waals surface area (Å²) in [4.78, 5) is 13.0. The van der Waals surface area contributed by atoms with E-state index in [-0.39, 0.29) is 6.61 Å². The maximum Gasteiger partial charge on any atom is 0.229 e. The van der Waals surface area contributed by atoms with Gasteiger partial charge in [-0.1, -0.05) is 12.1 Å². The van der Waals surface area contributed by atoms with Crippen LogP contribution >= 0.6 is 0 Å². The van der Waals surface area contributed by atoms with Crippen LogP contribution in [0.15, 0.2) is 36.7 Å². The van der Waals surface area contributed by atoms with E-state index in [9.17, 15) is 0 Å². The summed E-state index contributed by atoms with van der Waals surface area (Å²) in [5, 5.41) is 9.03. The molecule has 19 heavy (non-hydrogen) atoms. The molecular weight excluding hydrogens is 240 g/mol. The Bertz CT molecular complexity index is 570. The number of hydrogen-bond acceptors (Lipinski definition) is 5. The van der Waals surface area contributed by atoms with Gasteiger partial charge in [0.25, 0.3) is 0 Å². The lowest BCUT2D eigenvalue weighted by Gasteiger charge is -2.35. The van der Waals surface area contributed by atoms with E-state index in [1.165, 1.54) is 5.69 Å².